The van der Waals surface area contributed by atoms with E-state index in [2.05, 4.69) is 74.0 Å². The number of hydrogen-bond acceptors (Lipinski definition) is 0. The van der Waals surface area contributed by atoms with E-state index in [1.165, 1.54) is 33.3 Å². The van der Waals surface area contributed by atoms with Crippen LogP contribution < -0.4 is 0 Å². The van der Waals surface area contributed by atoms with E-state index in [4.69, 9.17) is 0 Å². The van der Waals surface area contributed by atoms with Crippen LogP contribution in [0, 0.1) is 13.8 Å². The first kappa shape index (κ1) is 11.1. The number of aryl methyl sites for hydroxylation is 3. The van der Waals surface area contributed by atoms with E-state index in [1.807, 2.05) is 0 Å². The van der Waals surface area contributed by atoms with E-state index < -0.39 is 0 Å². The molecule has 1 heterocycles. The average Bonchev–Trinajstić information content (AvgIpc) is 2.74. The van der Waals surface area contributed by atoms with Gasteiger partial charge in [-0.1, -0.05) is 42.5 Å². The molecule has 0 aliphatic carbocycles. The zero-order chi connectivity index (χ0) is 12.7. The Morgan fingerprint density at radius 3 is 2.17 bits per heavy atom. The summed E-state index contributed by atoms with van der Waals surface area (Å²) in [6.45, 7) is 4.35. The molecule has 3 aromatic rings. The van der Waals surface area contributed by atoms with Crippen molar-refractivity contribution in [1.82, 2.24) is 4.57 Å². The van der Waals surface area contributed by atoms with Crippen molar-refractivity contribution in [3.8, 4) is 11.3 Å². The molecule has 3 rings (SSSR count). The Kier molecular flexibility index (Phi) is 2.48. The summed E-state index contributed by atoms with van der Waals surface area (Å²) in [5, 5.41) is 1.36. The van der Waals surface area contributed by atoms with Crippen molar-refractivity contribution in [1.29, 1.82) is 0 Å². The number of hydrogen-bond donors (Lipinski definition) is 0. The SMILES string of the molecule is Cc1ccc(C)c2c1cc(-c1ccccc1)n2C. The molecule has 0 aliphatic heterocycles. The van der Waals surface area contributed by atoms with Crippen LogP contribution in [0.5, 0.6) is 0 Å². The van der Waals surface area contributed by atoms with Gasteiger partial charge in [-0.3, -0.25) is 0 Å². The number of aromatic nitrogens is 1. The molecule has 0 spiro atoms. The quantitative estimate of drug-likeness (QED) is 0.586. The molecule has 0 unspecified atom stereocenters. The predicted molar refractivity (Wildman–Crippen MR) is 77.8 cm³/mol. The maximum absolute atomic E-state index is 2.30. The Morgan fingerprint density at radius 2 is 1.50 bits per heavy atom. The molecule has 0 bridgehead atoms. The van der Waals surface area contributed by atoms with E-state index in [0.717, 1.165) is 0 Å². The maximum atomic E-state index is 2.30. The molecule has 0 atom stereocenters. The number of nitrogens with zero attached hydrogens (tertiary/aromatic N) is 1. The third-order valence-electron chi connectivity index (χ3n) is 3.68. The van der Waals surface area contributed by atoms with Crippen molar-refractivity contribution in [2.75, 3.05) is 0 Å². The van der Waals surface area contributed by atoms with Gasteiger partial charge in [0.25, 0.3) is 0 Å². The highest BCUT2D eigenvalue weighted by Gasteiger charge is 2.10. The van der Waals surface area contributed by atoms with Crippen LogP contribution in [0.4, 0.5) is 0 Å². The number of benzene rings is 2. The summed E-state index contributed by atoms with van der Waals surface area (Å²) >= 11 is 0. The van der Waals surface area contributed by atoms with Crippen molar-refractivity contribution in [3.05, 3.63) is 59.7 Å². The van der Waals surface area contributed by atoms with Gasteiger partial charge in [0.15, 0.2) is 0 Å². The van der Waals surface area contributed by atoms with Gasteiger partial charge in [-0.2, -0.15) is 0 Å². The summed E-state index contributed by atoms with van der Waals surface area (Å²) < 4.78 is 2.30. The second kappa shape index (κ2) is 4.02. The van der Waals surface area contributed by atoms with Crippen LogP contribution in [-0.4, -0.2) is 4.57 Å². The lowest BCUT2D eigenvalue weighted by Crippen LogP contribution is -1.93. The monoisotopic (exact) mass is 235 g/mol. The van der Waals surface area contributed by atoms with Gasteiger partial charge in [0, 0.05) is 18.1 Å². The van der Waals surface area contributed by atoms with Gasteiger partial charge in [0.05, 0.1) is 5.52 Å². The van der Waals surface area contributed by atoms with Gasteiger partial charge < -0.3 is 4.57 Å². The van der Waals surface area contributed by atoms with Gasteiger partial charge >= 0.3 is 0 Å². The van der Waals surface area contributed by atoms with E-state index in [9.17, 15) is 0 Å². The third-order valence-corrected chi connectivity index (χ3v) is 3.68. The topological polar surface area (TPSA) is 4.93 Å². The standard InChI is InChI=1S/C17H17N/c1-12-9-10-13(2)17-15(12)11-16(18(17)3)14-7-5-4-6-8-14/h4-11H,1-3H3. The Labute approximate surface area is 108 Å². The van der Waals surface area contributed by atoms with Crippen LogP contribution in [0.3, 0.4) is 0 Å². The van der Waals surface area contributed by atoms with Gasteiger partial charge in [0.1, 0.15) is 0 Å². The molecule has 0 N–H and O–H groups in total. The lowest BCUT2D eigenvalue weighted by molar-refractivity contribution is 0.973. The largest absolute Gasteiger partial charge is 0.343 e. The minimum Gasteiger partial charge on any atom is -0.343 e. The first-order chi connectivity index (χ1) is 8.68. The molecule has 2 aromatic carbocycles. The Bertz CT molecular complexity index is 705. The smallest absolute Gasteiger partial charge is 0.0515 e. The fraction of sp³-hybridized carbons (Fsp3) is 0.176. The number of rotatable bonds is 1. The van der Waals surface area contributed by atoms with Crippen LogP contribution in [0.15, 0.2) is 48.5 Å². The molecule has 1 nitrogen and oxygen atoms in total. The van der Waals surface area contributed by atoms with E-state index in [-0.39, 0.29) is 0 Å². The second-order valence-corrected chi connectivity index (χ2v) is 4.92. The molecule has 1 aromatic heterocycles. The third kappa shape index (κ3) is 1.55. The first-order valence-corrected chi connectivity index (χ1v) is 6.29. The lowest BCUT2D eigenvalue weighted by Gasteiger charge is -2.06. The van der Waals surface area contributed by atoms with Crippen molar-refractivity contribution in [2.45, 2.75) is 13.8 Å². The minimum atomic E-state index is 1.27. The molecule has 1 heteroatoms. The molecule has 0 aliphatic rings. The van der Waals surface area contributed by atoms with Crippen LogP contribution in [-0.2, 0) is 7.05 Å². The Morgan fingerprint density at radius 1 is 0.833 bits per heavy atom. The molecule has 0 saturated carbocycles. The predicted octanol–water partition coefficient (Wildman–Crippen LogP) is 4.46. The summed E-state index contributed by atoms with van der Waals surface area (Å²) in [5.74, 6) is 0. The summed E-state index contributed by atoms with van der Waals surface area (Å²) in [4.78, 5) is 0. The molecule has 0 fully saturated rings. The maximum Gasteiger partial charge on any atom is 0.0515 e. The van der Waals surface area contributed by atoms with Crippen molar-refractivity contribution in [3.63, 3.8) is 0 Å². The zero-order valence-corrected chi connectivity index (χ0v) is 11.1. The average molecular weight is 235 g/mol. The van der Waals surface area contributed by atoms with Crippen LogP contribution in [0.1, 0.15) is 11.1 Å². The fourth-order valence-electron chi connectivity index (χ4n) is 2.69. The van der Waals surface area contributed by atoms with Crippen molar-refractivity contribution in [2.24, 2.45) is 7.05 Å². The summed E-state index contributed by atoms with van der Waals surface area (Å²) in [5.41, 5.74) is 6.57. The highest BCUT2D eigenvalue weighted by Crippen LogP contribution is 2.30. The van der Waals surface area contributed by atoms with Gasteiger partial charge in [-0.15, -0.1) is 0 Å². The molecule has 0 saturated heterocycles. The lowest BCUT2D eigenvalue weighted by atomic mass is 10.1. The van der Waals surface area contributed by atoms with Crippen LogP contribution >= 0.6 is 0 Å². The molecule has 0 amide bonds. The highest BCUT2D eigenvalue weighted by molar-refractivity contribution is 5.91. The van der Waals surface area contributed by atoms with Crippen LogP contribution in [0.2, 0.25) is 0 Å². The van der Waals surface area contributed by atoms with Gasteiger partial charge in [0.2, 0.25) is 0 Å². The molecular formula is C17H17N. The number of fused-ring (bicyclic) bond motifs is 1. The molecule has 18 heavy (non-hydrogen) atoms. The van der Waals surface area contributed by atoms with Gasteiger partial charge in [-0.05, 0) is 36.6 Å². The summed E-state index contributed by atoms with van der Waals surface area (Å²) in [6, 6.07) is 17.3. The minimum absolute atomic E-state index is 1.27. The van der Waals surface area contributed by atoms with E-state index in [1.54, 1.807) is 0 Å². The fourth-order valence-corrected chi connectivity index (χ4v) is 2.69. The summed E-state index contributed by atoms with van der Waals surface area (Å²) in [7, 11) is 2.15. The Hall–Kier alpha value is -2.02. The molecule has 0 radical (unpaired) electrons. The van der Waals surface area contributed by atoms with Crippen LogP contribution in [0.25, 0.3) is 22.2 Å². The van der Waals surface area contributed by atoms with Crippen molar-refractivity contribution >= 4 is 10.9 Å². The summed E-state index contributed by atoms with van der Waals surface area (Å²) in [6.07, 6.45) is 0. The zero-order valence-electron chi connectivity index (χ0n) is 11.1. The normalized spacial score (nSPS) is 11.1. The molecule has 90 valence electrons. The Balaban J connectivity index is 2.37. The van der Waals surface area contributed by atoms with Crippen molar-refractivity contribution < 1.29 is 0 Å². The second-order valence-electron chi connectivity index (χ2n) is 4.92. The van der Waals surface area contributed by atoms with Gasteiger partial charge in [-0.25, -0.2) is 0 Å². The highest BCUT2D eigenvalue weighted by atomic mass is 14.9. The molecular weight excluding hydrogens is 218 g/mol. The first-order valence-electron chi connectivity index (χ1n) is 6.29. The van der Waals surface area contributed by atoms with E-state index >= 15 is 0 Å². The van der Waals surface area contributed by atoms with E-state index in [0.29, 0.717) is 0 Å².